The Morgan fingerprint density at radius 3 is 2.61 bits per heavy atom. The van der Waals surface area contributed by atoms with Gasteiger partial charge in [0.1, 0.15) is 0 Å². The van der Waals surface area contributed by atoms with Gasteiger partial charge in [-0.15, -0.1) is 0 Å². The number of hydrogen-bond acceptors (Lipinski definition) is 1. The highest BCUT2D eigenvalue weighted by atomic mass is 16.1. The van der Waals surface area contributed by atoms with Crippen molar-refractivity contribution in [3.63, 3.8) is 0 Å². The van der Waals surface area contributed by atoms with Crippen molar-refractivity contribution in [3.8, 4) is 0 Å². The van der Waals surface area contributed by atoms with E-state index in [-0.39, 0.29) is 0 Å². The highest BCUT2D eigenvalue weighted by Gasteiger charge is 2.26. The third-order valence-electron chi connectivity index (χ3n) is 4.49. The maximum atomic E-state index is 10.2. The zero-order valence-corrected chi connectivity index (χ0v) is 15.4. The third-order valence-corrected chi connectivity index (χ3v) is 4.49. The first kappa shape index (κ1) is 19.4. The van der Waals surface area contributed by atoms with Crippen LogP contribution in [0.4, 0.5) is 0 Å². The Morgan fingerprint density at radius 1 is 1.22 bits per heavy atom. The molecule has 0 aromatic heterocycles. The SMILES string of the molecule is CC(C=CC1=C(C)CCCC1(C)C)=CC=CC(C)=CCC[C]=O. The van der Waals surface area contributed by atoms with Crippen LogP contribution in [-0.2, 0) is 4.79 Å². The zero-order valence-electron chi connectivity index (χ0n) is 15.4. The summed E-state index contributed by atoms with van der Waals surface area (Å²) in [6.45, 7) is 11.1. The van der Waals surface area contributed by atoms with Crippen LogP contribution in [0.3, 0.4) is 0 Å². The number of allylic oxidation sites excluding steroid dienone is 10. The Hall–Kier alpha value is -1.63. The number of unbranched alkanes of at least 4 members (excludes halogenated alkanes) is 1. The van der Waals surface area contributed by atoms with Crippen LogP contribution < -0.4 is 0 Å². The fraction of sp³-hybridized carbons (Fsp3) is 0.500. The minimum Gasteiger partial charge on any atom is -0.291 e. The van der Waals surface area contributed by atoms with E-state index >= 15 is 0 Å². The van der Waals surface area contributed by atoms with E-state index in [0.29, 0.717) is 11.8 Å². The van der Waals surface area contributed by atoms with Crippen molar-refractivity contribution in [1.82, 2.24) is 0 Å². The van der Waals surface area contributed by atoms with Gasteiger partial charge in [0, 0.05) is 6.42 Å². The van der Waals surface area contributed by atoms with Crippen molar-refractivity contribution in [3.05, 3.63) is 58.7 Å². The van der Waals surface area contributed by atoms with Gasteiger partial charge in [-0.2, -0.15) is 0 Å². The van der Waals surface area contributed by atoms with Crippen molar-refractivity contribution < 1.29 is 4.79 Å². The smallest absolute Gasteiger partial charge is 0.198 e. The molecule has 1 nitrogen and oxygen atoms in total. The van der Waals surface area contributed by atoms with Gasteiger partial charge < -0.3 is 0 Å². The second-order valence-corrected chi connectivity index (χ2v) is 7.17. The average Bonchev–Trinajstić information content (AvgIpc) is 2.46. The Labute approximate surface area is 142 Å². The summed E-state index contributed by atoms with van der Waals surface area (Å²) >= 11 is 0. The monoisotopic (exact) mass is 311 g/mol. The zero-order chi connectivity index (χ0) is 17.3. The molecule has 125 valence electrons. The lowest BCUT2D eigenvalue weighted by Crippen LogP contribution is -2.19. The summed E-state index contributed by atoms with van der Waals surface area (Å²) < 4.78 is 0. The topological polar surface area (TPSA) is 17.1 Å². The van der Waals surface area contributed by atoms with Crippen LogP contribution >= 0.6 is 0 Å². The Morgan fingerprint density at radius 2 is 1.96 bits per heavy atom. The molecule has 1 rings (SSSR count). The van der Waals surface area contributed by atoms with Gasteiger partial charge in [0.2, 0.25) is 0 Å². The average molecular weight is 311 g/mol. The lowest BCUT2D eigenvalue weighted by Gasteiger charge is -2.32. The van der Waals surface area contributed by atoms with Crippen LogP contribution in [0.2, 0.25) is 0 Å². The van der Waals surface area contributed by atoms with Crippen LogP contribution in [0.1, 0.15) is 66.7 Å². The first-order valence-electron chi connectivity index (χ1n) is 8.62. The van der Waals surface area contributed by atoms with E-state index in [2.05, 4.69) is 71.1 Å². The van der Waals surface area contributed by atoms with Gasteiger partial charge >= 0.3 is 0 Å². The van der Waals surface area contributed by atoms with E-state index in [9.17, 15) is 4.79 Å². The first-order valence-corrected chi connectivity index (χ1v) is 8.62. The molecule has 0 bridgehead atoms. The largest absolute Gasteiger partial charge is 0.291 e. The minimum absolute atomic E-state index is 0.296. The second-order valence-electron chi connectivity index (χ2n) is 7.17. The number of carbonyl (C=O) groups excluding carboxylic acids is 1. The first-order chi connectivity index (χ1) is 10.9. The van der Waals surface area contributed by atoms with Gasteiger partial charge in [0.05, 0.1) is 0 Å². The summed E-state index contributed by atoms with van der Waals surface area (Å²) in [4.78, 5) is 10.2. The van der Waals surface area contributed by atoms with Crippen LogP contribution in [0.15, 0.2) is 58.7 Å². The predicted molar refractivity (Wildman–Crippen MR) is 101 cm³/mol. The van der Waals surface area contributed by atoms with E-state index < -0.39 is 0 Å². The maximum absolute atomic E-state index is 10.2. The molecule has 0 heterocycles. The summed E-state index contributed by atoms with van der Waals surface area (Å²) in [6, 6.07) is 0. The molecule has 0 aliphatic heterocycles. The van der Waals surface area contributed by atoms with Gasteiger partial charge in [-0.3, -0.25) is 4.79 Å². The van der Waals surface area contributed by atoms with Crippen molar-refractivity contribution in [2.24, 2.45) is 5.41 Å². The van der Waals surface area contributed by atoms with Gasteiger partial charge in [-0.05, 0) is 57.4 Å². The van der Waals surface area contributed by atoms with E-state index in [4.69, 9.17) is 0 Å². The van der Waals surface area contributed by atoms with Crippen molar-refractivity contribution >= 4 is 6.29 Å². The van der Waals surface area contributed by atoms with E-state index in [1.807, 2.05) is 6.29 Å². The van der Waals surface area contributed by atoms with Crippen LogP contribution in [0, 0.1) is 5.41 Å². The standard InChI is InChI=1S/C22H31O/c1-18(10-6-7-17-23)11-8-12-19(2)14-15-21-20(3)13-9-16-22(21,4)5/h8,10-12,14-15H,6-7,9,13,16H2,1-5H3. The van der Waals surface area contributed by atoms with Gasteiger partial charge in [0.15, 0.2) is 6.29 Å². The molecular weight excluding hydrogens is 280 g/mol. The lowest BCUT2D eigenvalue weighted by molar-refractivity contribution is 0.377. The highest BCUT2D eigenvalue weighted by molar-refractivity contribution is 5.50. The molecule has 0 atom stereocenters. The van der Waals surface area contributed by atoms with E-state index in [1.165, 1.54) is 41.6 Å². The Kier molecular flexibility index (Phi) is 8.02. The molecule has 23 heavy (non-hydrogen) atoms. The minimum atomic E-state index is 0.296. The molecule has 1 aliphatic rings. The molecule has 1 heteroatoms. The Balaban J connectivity index is 2.69. The third kappa shape index (κ3) is 6.99. The number of hydrogen-bond donors (Lipinski definition) is 0. The Bertz CT molecular complexity index is 551. The molecule has 0 N–H and O–H groups in total. The molecule has 0 fully saturated rings. The molecular formula is C22H31O. The van der Waals surface area contributed by atoms with Gasteiger partial charge in [-0.25, -0.2) is 0 Å². The quantitative estimate of drug-likeness (QED) is 0.392. The predicted octanol–water partition coefficient (Wildman–Crippen LogP) is 6.41. The van der Waals surface area contributed by atoms with Crippen LogP contribution in [-0.4, -0.2) is 6.29 Å². The molecule has 0 saturated carbocycles. The summed E-state index contributed by atoms with van der Waals surface area (Å²) in [6.07, 6.45) is 19.8. The fourth-order valence-corrected chi connectivity index (χ4v) is 3.06. The van der Waals surface area contributed by atoms with Gasteiger partial charge in [0.25, 0.3) is 0 Å². The summed E-state index contributed by atoms with van der Waals surface area (Å²) in [5, 5.41) is 0. The summed E-state index contributed by atoms with van der Waals surface area (Å²) in [5.41, 5.74) is 5.76. The normalized spacial score (nSPS) is 19.9. The second kappa shape index (κ2) is 9.50. The van der Waals surface area contributed by atoms with Crippen LogP contribution in [0.5, 0.6) is 0 Å². The van der Waals surface area contributed by atoms with Crippen molar-refractivity contribution in [2.75, 3.05) is 0 Å². The summed E-state index contributed by atoms with van der Waals surface area (Å²) in [7, 11) is 0. The molecule has 0 aromatic rings. The molecule has 0 aromatic carbocycles. The molecule has 0 unspecified atom stereocenters. The molecule has 0 amide bonds. The van der Waals surface area contributed by atoms with Crippen LogP contribution in [0.25, 0.3) is 0 Å². The molecule has 0 spiro atoms. The fourth-order valence-electron chi connectivity index (χ4n) is 3.06. The maximum Gasteiger partial charge on any atom is 0.198 e. The molecule has 0 saturated heterocycles. The molecule has 1 aliphatic carbocycles. The summed E-state index contributed by atoms with van der Waals surface area (Å²) in [5.74, 6) is 0. The molecule has 1 radical (unpaired) electrons. The van der Waals surface area contributed by atoms with E-state index in [0.717, 1.165) is 6.42 Å². The van der Waals surface area contributed by atoms with E-state index in [1.54, 1.807) is 0 Å². The van der Waals surface area contributed by atoms with Crippen molar-refractivity contribution in [1.29, 1.82) is 0 Å². The number of rotatable bonds is 7. The van der Waals surface area contributed by atoms with Crippen molar-refractivity contribution in [2.45, 2.75) is 66.7 Å². The lowest BCUT2D eigenvalue weighted by atomic mass is 9.72. The highest BCUT2D eigenvalue weighted by Crippen LogP contribution is 2.40. The van der Waals surface area contributed by atoms with Gasteiger partial charge in [-0.1, -0.05) is 67.0 Å².